The molecular weight excluding hydrogens is 446 g/mol. The number of benzene rings is 3. The van der Waals surface area contributed by atoms with E-state index in [1.54, 1.807) is 7.05 Å². The van der Waals surface area contributed by atoms with Gasteiger partial charge in [0, 0.05) is 51.8 Å². The van der Waals surface area contributed by atoms with Gasteiger partial charge in [0.25, 0.3) is 0 Å². The summed E-state index contributed by atoms with van der Waals surface area (Å²) in [6.07, 6.45) is 1.25. The van der Waals surface area contributed by atoms with E-state index in [1.807, 2.05) is 36.4 Å². The van der Waals surface area contributed by atoms with Crippen molar-refractivity contribution in [2.75, 3.05) is 33.4 Å². The maximum absolute atomic E-state index is 12.2. The van der Waals surface area contributed by atoms with Gasteiger partial charge in [0.1, 0.15) is 6.61 Å². The van der Waals surface area contributed by atoms with E-state index in [1.165, 1.54) is 0 Å². The average molecular weight is 480 g/mol. The van der Waals surface area contributed by atoms with E-state index in [0.29, 0.717) is 39.1 Å². The molecule has 0 fully saturated rings. The van der Waals surface area contributed by atoms with Gasteiger partial charge in [-0.15, -0.1) is 0 Å². The maximum Gasteiger partial charge on any atom is 0.407 e. The molecule has 0 unspecified atom stereocenters. The molecule has 8 nitrogen and oxygen atoms in total. The van der Waals surface area contributed by atoms with Crippen LogP contribution in [0.15, 0.2) is 54.6 Å². The van der Waals surface area contributed by atoms with Gasteiger partial charge in [-0.05, 0) is 40.5 Å². The second kappa shape index (κ2) is 13.9. The minimum Gasteiger partial charge on any atom is -0.445 e. The van der Waals surface area contributed by atoms with Gasteiger partial charge in [-0.1, -0.05) is 48.5 Å². The largest absolute Gasteiger partial charge is 0.445 e. The number of nitrogens with one attached hydrogen (secondary N) is 3. The molecule has 0 aliphatic heterocycles. The Kier molecular flexibility index (Phi) is 10.3. The Hall–Kier alpha value is -3.65. The van der Waals surface area contributed by atoms with Crippen LogP contribution >= 0.6 is 0 Å². The lowest BCUT2D eigenvalue weighted by Gasteiger charge is -2.13. The van der Waals surface area contributed by atoms with Crippen LogP contribution in [0.2, 0.25) is 0 Å². The minimum absolute atomic E-state index is 0.146. The van der Waals surface area contributed by atoms with Crippen LogP contribution in [0.1, 0.15) is 31.2 Å². The first-order chi connectivity index (χ1) is 17.1. The fraction of sp³-hybridized carbons (Fsp3) is 0.370. The van der Waals surface area contributed by atoms with Gasteiger partial charge in [0.15, 0.2) is 0 Å². The van der Waals surface area contributed by atoms with Crippen LogP contribution in [0, 0.1) is 0 Å². The van der Waals surface area contributed by atoms with Gasteiger partial charge < -0.3 is 25.4 Å². The number of hydrogen-bond acceptors (Lipinski definition) is 5. The monoisotopic (exact) mass is 479 g/mol. The van der Waals surface area contributed by atoms with Crippen LogP contribution < -0.4 is 16.0 Å². The van der Waals surface area contributed by atoms with Crippen molar-refractivity contribution in [2.45, 2.75) is 32.3 Å². The lowest BCUT2D eigenvalue weighted by Crippen LogP contribution is -2.27. The topological polar surface area (TPSA) is 106 Å². The number of hydrogen-bond donors (Lipinski definition) is 3. The van der Waals surface area contributed by atoms with Crippen molar-refractivity contribution in [3.8, 4) is 0 Å². The molecule has 8 heteroatoms. The Morgan fingerprint density at radius 2 is 1.34 bits per heavy atom. The van der Waals surface area contributed by atoms with E-state index < -0.39 is 6.09 Å². The minimum atomic E-state index is -0.457. The Balaban J connectivity index is 1.30. The second-order valence-corrected chi connectivity index (χ2v) is 8.14. The summed E-state index contributed by atoms with van der Waals surface area (Å²) >= 11 is 0. The highest BCUT2D eigenvalue weighted by Gasteiger charge is 2.10. The third-order valence-corrected chi connectivity index (χ3v) is 5.61. The molecule has 3 aromatic rings. The first-order valence-corrected chi connectivity index (χ1v) is 11.9. The Labute approximate surface area is 205 Å². The van der Waals surface area contributed by atoms with E-state index in [2.05, 4.69) is 34.1 Å². The molecule has 3 amide bonds. The predicted octanol–water partition coefficient (Wildman–Crippen LogP) is 3.66. The summed E-state index contributed by atoms with van der Waals surface area (Å²) in [5.74, 6) is -0.296. The molecule has 0 aliphatic rings. The van der Waals surface area contributed by atoms with Crippen LogP contribution in [0.25, 0.3) is 21.5 Å². The van der Waals surface area contributed by atoms with Crippen molar-refractivity contribution >= 4 is 39.5 Å². The first kappa shape index (κ1) is 26.0. The SMILES string of the molecule is CNC(=O)CCC(=O)NCCCOCCCNC(=O)OCc1c2ccccc2cc2ccccc12. The smallest absolute Gasteiger partial charge is 0.407 e. The molecule has 0 atom stereocenters. The van der Waals surface area contributed by atoms with Crippen molar-refractivity contribution in [1.82, 2.24) is 16.0 Å². The molecule has 0 radical (unpaired) electrons. The molecule has 0 spiro atoms. The van der Waals surface area contributed by atoms with Gasteiger partial charge >= 0.3 is 6.09 Å². The standard InChI is InChI=1S/C27H33N3O5/c1-28-25(31)12-13-26(32)29-14-6-16-34-17-7-15-30-27(33)35-19-24-22-10-4-2-8-20(22)18-21-9-3-5-11-23(21)24/h2-5,8-11,18H,6-7,12-17,19H2,1H3,(H,28,31)(H,29,32)(H,30,33). The summed E-state index contributed by atoms with van der Waals surface area (Å²) in [5.41, 5.74) is 0.998. The zero-order chi connectivity index (χ0) is 24.9. The summed E-state index contributed by atoms with van der Waals surface area (Å²) < 4.78 is 11.0. The number of ether oxygens (including phenoxy) is 2. The number of rotatable bonds is 13. The van der Waals surface area contributed by atoms with Gasteiger partial charge in [-0.3, -0.25) is 9.59 Å². The molecule has 0 aromatic heterocycles. The predicted molar refractivity (Wildman–Crippen MR) is 136 cm³/mol. The number of alkyl carbamates (subject to hydrolysis) is 1. The zero-order valence-corrected chi connectivity index (χ0v) is 20.1. The number of fused-ring (bicyclic) bond motifs is 2. The quantitative estimate of drug-likeness (QED) is 0.256. The molecule has 0 saturated heterocycles. The molecule has 0 saturated carbocycles. The van der Waals surface area contributed by atoms with Crippen LogP contribution in [0.3, 0.4) is 0 Å². The highest BCUT2D eigenvalue weighted by molar-refractivity contribution is 6.02. The van der Waals surface area contributed by atoms with Crippen LogP contribution in [-0.2, 0) is 25.7 Å². The lowest BCUT2D eigenvalue weighted by molar-refractivity contribution is -0.126. The van der Waals surface area contributed by atoms with E-state index in [-0.39, 0.29) is 31.3 Å². The summed E-state index contributed by atoms with van der Waals surface area (Å²) in [7, 11) is 1.55. The molecule has 0 heterocycles. The van der Waals surface area contributed by atoms with Gasteiger partial charge in [0.2, 0.25) is 11.8 Å². The average Bonchev–Trinajstić information content (AvgIpc) is 2.88. The molecular formula is C27H33N3O5. The fourth-order valence-electron chi connectivity index (χ4n) is 3.76. The number of carbonyl (C=O) groups is 3. The molecule has 0 aliphatic carbocycles. The highest BCUT2D eigenvalue weighted by atomic mass is 16.5. The molecule has 3 N–H and O–H groups in total. The third kappa shape index (κ3) is 8.26. The van der Waals surface area contributed by atoms with Crippen molar-refractivity contribution in [3.05, 3.63) is 60.2 Å². The van der Waals surface area contributed by atoms with E-state index >= 15 is 0 Å². The Morgan fingerprint density at radius 1 is 0.771 bits per heavy atom. The van der Waals surface area contributed by atoms with Gasteiger partial charge in [-0.2, -0.15) is 0 Å². The zero-order valence-electron chi connectivity index (χ0n) is 20.1. The summed E-state index contributed by atoms with van der Waals surface area (Å²) in [6.45, 7) is 2.15. The lowest BCUT2D eigenvalue weighted by atomic mass is 9.97. The van der Waals surface area contributed by atoms with Crippen molar-refractivity contribution in [3.63, 3.8) is 0 Å². The first-order valence-electron chi connectivity index (χ1n) is 11.9. The van der Waals surface area contributed by atoms with E-state index in [4.69, 9.17) is 9.47 Å². The maximum atomic E-state index is 12.2. The van der Waals surface area contributed by atoms with Crippen molar-refractivity contribution in [1.29, 1.82) is 0 Å². The molecule has 35 heavy (non-hydrogen) atoms. The van der Waals surface area contributed by atoms with Gasteiger partial charge in [0.05, 0.1) is 0 Å². The summed E-state index contributed by atoms with van der Waals surface area (Å²) in [6, 6.07) is 18.3. The second-order valence-electron chi connectivity index (χ2n) is 8.14. The molecule has 186 valence electrons. The van der Waals surface area contributed by atoms with E-state index in [0.717, 1.165) is 27.1 Å². The number of amides is 3. The van der Waals surface area contributed by atoms with Crippen LogP contribution in [-0.4, -0.2) is 51.3 Å². The van der Waals surface area contributed by atoms with Crippen molar-refractivity contribution in [2.24, 2.45) is 0 Å². The summed E-state index contributed by atoms with van der Waals surface area (Å²) in [4.78, 5) is 34.9. The Morgan fingerprint density at radius 3 is 1.97 bits per heavy atom. The normalized spacial score (nSPS) is 10.8. The van der Waals surface area contributed by atoms with Crippen LogP contribution in [0.5, 0.6) is 0 Å². The Bertz CT molecular complexity index is 1090. The van der Waals surface area contributed by atoms with Gasteiger partial charge in [-0.25, -0.2) is 4.79 Å². The molecule has 3 aromatic carbocycles. The summed E-state index contributed by atoms with van der Waals surface area (Å²) in [5, 5.41) is 12.4. The van der Waals surface area contributed by atoms with Crippen molar-refractivity contribution < 1.29 is 23.9 Å². The molecule has 3 rings (SSSR count). The molecule has 0 bridgehead atoms. The third-order valence-electron chi connectivity index (χ3n) is 5.61. The fourth-order valence-corrected chi connectivity index (χ4v) is 3.76. The van der Waals surface area contributed by atoms with Crippen LogP contribution in [0.4, 0.5) is 4.79 Å². The number of carbonyl (C=O) groups excluding carboxylic acids is 3. The van der Waals surface area contributed by atoms with E-state index in [9.17, 15) is 14.4 Å². The highest BCUT2D eigenvalue weighted by Crippen LogP contribution is 2.29.